The minimum Gasteiger partial charge on any atom is -0.359 e. The maximum Gasteiger partial charge on any atom is 0.256 e. The predicted octanol–water partition coefficient (Wildman–Crippen LogP) is 2.32. The molecule has 2 aliphatic heterocycles. The molecule has 7 heteroatoms. The van der Waals surface area contributed by atoms with E-state index < -0.39 is 10.0 Å². The summed E-state index contributed by atoms with van der Waals surface area (Å²) in [6.07, 6.45) is 14.1. The molecular formula is C17H32B2N2O2S. The van der Waals surface area contributed by atoms with Crippen molar-refractivity contribution in [2.45, 2.75) is 81.7 Å². The van der Waals surface area contributed by atoms with Crippen molar-refractivity contribution in [3.8, 4) is 0 Å². The van der Waals surface area contributed by atoms with E-state index in [4.69, 9.17) is 0 Å². The van der Waals surface area contributed by atoms with Crippen LogP contribution in [0.25, 0.3) is 0 Å². The fraction of sp³-hybridized carbons (Fsp3) is 0.941. The summed E-state index contributed by atoms with van der Waals surface area (Å²) in [7, 11) is 0.325. The van der Waals surface area contributed by atoms with E-state index in [2.05, 4.69) is 17.1 Å². The van der Waals surface area contributed by atoms with Crippen LogP contribution in [-0.4, -0.2) is 53.1 Å². The van der Waals surface area contributed by atoms with E-state index in [0.717, 1.165) is 26.1 Å². The molecule has 0 bridgehead atoms. The summed E-state index contributed by atoms with van der Waals surface area (Å²) in [5, 5.41) is 0.361. The van der Waals surface area contributed by atoms with E-state index >= 15 is 0 Å². The average molecular weight is 350 g/mol. The van der Waals surface area contributed by atoms with Gasteiger partial charge in [-0.05, 0) is 12.2 Å². The first-order valence-corrected chi connectivity index (χ1v) is 11.7. The molecule has 0 aromatic rings. The first kappa shape index (κ1) is 18.3. The summed E-state index contributed by atoms with van der Waals surface area (Å²) < 4.78 is 28.5. The number of hydrogen-bond donors (Lipinski definition) is 0. The lowest BCUT2D eigenvalue weighted by molar-refractivity contribution is 0.387. The summed E-state index contributed by atoms with van der Waals surface area (Å²) in [6, 6.07) is 0. The third-order valence-corrected chi connectivity index (χ3v) is 7.49. The zero-order valence-corrected chi connectivity index (χ0v) is 16.1. The molecule has 1 unspecified atom stereocenters. The second-order valence-corrected chi connectivity index (χ2v) is 10.3. The van der Waals surface area contributed by atoms with Crippen molar-refractivity contribution in [3.05, 3.63) is 0 Å². The van der Waals surface area contributed by atoms with Crippen molar-refractivity contribution in [1.82, 2.24) is 4.90 Å². The Balaban J connectivity index is 1.80. The summed E-state index contributed by atoms with van der Waals surface area (Å²) in [5.74, 6) is 1.44. The van der Waals surface area contributed by atoms with Crippen LogP contribution in [0.2, 0.25) is 11.0 Å². The van der Waals surface area contributed by atoms with Crippen molar-refractivity contribution in [2.24, 2.45) is 4.40 Å². The van der Waals surface area contributed by atoms with E-state index in [-0.39, 0.29) is 5.75 Å². The highest BCUT2D eigenvalue weighted by Gasteiger charge is 2.36. The van der Waals surface area contributed by atoms with Crippen LogP contribution in [0.4, 0.5) is 0 Å². The van der Waals surface area contributed by atoms with Gasteiger partial charge in [-0.1, -0.05) is 69.4 Å². The lowest BCUT2D eigenvalue weighted by Gasteiger charge is -2.39. The van der Waals surface area contributed by atoms with Crippen molar-refractivity contribution < 1.29 is 8.42 Å². The fourth-order valence-corrected chi connectivity index (χ4v) is 5.99. The minimum absolute atomic E-state index is 0.195. The zero-order chi connectivity index (χ0) is 17.0. The van der Waals surface area contributed by atoms with Gasteiger partial charge < -0.3 is 4.90 Å². The van der Waals surface area contributed by atoms with Gasteiger partial charge in [-0.25, -0.2) is 8.42 Å². The lowest BCUT2D eigenvalue weighted by atomic mass is 9.34. The quantitative estimate of drug-likeness (QED) is 0.719. The number of hydrogen-bond acceptors (Lipinski definition) is 3. The van der Waals surface area contributed by atoms with Gasteiger partial charge in [-0.3, -0.25) is 0 Å². The maximum absolute atomic E-state index is 12.1. The van der Waals surface area contributed by atoms with Crippen molar-refractivity contribution >= 4 is 31.0 Å². The molecule has 4 nitrogen and oxygen atoms in total. The first-order valence-electron chi connectivity index (χ1n) is 10.1. The molecular weight excluding hydrogens is 318 g/mol. The van der Waals surface area contributed by atoms with Crippen LogP contribution < -0.4 is 0 Å². The van der Waals surface area contributed by atoms with Gasteiger partial charge in [0.1, 0.15) is 13.1 Å². The number of sulfonamides is 1. The normalized spacial score (nSPS) is 30.8. The van der Waals surface area contributed by atoms with Gasteiger partial charge >= 0.3 is 0 Å². The minimum atomic E-state index is -3.24. The van der Waals surface area contributed by atoms with E-state index in [0.29, 0.717) is 17.6 Å². The van der Waals surface area contributed by atoms with Crippen molar-refractivity contribution in [3.63, 3.8) is 0 Å². The van der Waals surface area contributed by atoms with Crippen molar-refractivity contribution in [2.75, 3.05) is 18.8 Å². The Morgan fingerprint density at radius 3 is 2.42 bits per heavy atom. The Labute approximate surface area is 149 Å². The molecule has 1 atom stereocenters. The second kappa shape index (κ2) is 7.84. The molecule has 1 aliphatic carbocycles. The molecule has 134 valence electrons. The number of fused-ring (bicyclic) bond motifs is 1. The summed E-state index contributed by atoms with van der Waals surface area (Å²) >= 11 is 0. The Morgan fingerprint density at radius 1 is 1.00 bits per heavy atom. The molecule has 3 rings (SSSR count). The summed E-state index contributed by atoms with van der Waals surface area (Å²) in [5.41, 5.74) is 0. The molecule has 2 heterocycles. The van der Waals surface area contributed by atoms with Crippen molar-refractivity contribution in [1.29, 1.82) is 0 Å². The lowest BCUT2D eigenvalue weighted by Crippen LogP contribution is -2.45. The molecule has 1 saturated heterocycles. The molecule has 0 N–H and O–H groups in total. The Morgan fingerprint density at radius 2 is 1.67 bits per heavy atom. The molecule has 0 aromatic heterocycles. The Bertz CT molecular complexity index is 557. The smallest absolute Gasteiger partial charge is 0.256 e. The van der Waals surface area contributed by atoms with Crippen LogP contribution in [-0.2, 0) is 10.0 Å². The van der Waals surface area contributed by atoms with Crippen LogP contribution in [0.15, 0.2) is 4.40 Å². The number of amidine groups is 1. The third kappa shape index (κ3) is 4.80. The molecule has 2 fully saturated rings. The fourth-order valence-electron chi connectivity index (χ4n) is 4.90. The highest BCUT2D eigenvalue weighted by atomic mass is 32.2. The van der Waals surface area contributed by atoms with E-state index in [1.807, 2.05) is 0 Å². The third-order valence-electron chi connectivity index (χ3n) is 6.32. The van der Waals surface area contributed by atoms with Crippen LogP contribution >= 0.6 is 0 Å². The number of nitrogens with zero attached hydrogens (tertiary/aromatic N) is 2. The monoisotopic (exact) mass is 350 g/mol. The van der Waals surface area contributed by atoms with Gasteiger partial charge in [0.05, 0.1) is 13.6 Å². The molecule has 0 spiro atoms. The molecule has 0 radical (unpaired) electrons. The number of rotatable bonds is 2. The second-order valence-electron chi connectivity index (χ2n) is 8.55. The largest absolute Gasteiger partial charge is 0.359 e. The molecule has 0 amide bonds. The van der Waals surface area contributed by atoms with E-state index in [1.54, 1.807) is 0 Å². The Kier molecular flexibility index (Phi) is 5.99. The van der Waals surface area contributed by atoms with E-state index in [1.165, 1.54) is 64.2 Å². The first-order chi connectivity index (χ1) is 11.5. The highest BCUT2D eigenvalue weighted by Crippen LogP contribution is 2.41. The highest BCUT2D eigenvalue weighted by molar-refractivity contribution is 7.90. The van der Waals surface area contributed by atoms with Gasteiger partial charge in [-0.15, -0.1) is 0 Å². The maximum atomic E-state index is 12.1. The van der Waals surface area contributed by atoms with Crippen LogP contribution in [0.1, 0.15) is 70.6 Å². The van der Waals surface area contributed by atoms with Crippen LogP contribution in [0.3, 0.4) is 0 Å². The van der Waals surface area contributed by atoms with E-state index in [9.17, 15) is 8.42 Å². The standard InChI is InChI=1S/C17H32B2N2O2S/c18-17(10-6-2-1-3-7-11-17)19-15-9-5-4-8-12-21-13-14-24(22,23)20-16(15)21/h15,19H,1-14,18H2. The SMILES string of the molecule is BC1(BC2CCCCCN3CCS(=O)(=O)N=C23)CCCCCCC1. The van der Waals surface area contributed by atoms with Gasteiger partial charge in [0.25, 0.3) is 10.0 Å². The van der Waals surface area contributed by atoms with Gasteiger partial charge in [0, 0.05) is 13.1 Å². The average Bonchev–Trinajstić information content (AvgIpc) is 2.49. The predicted molar refractivity (Wildman–Crippen MR) is 106 cm³/mol. The summed E-state index contributed by atoms with van der Waals surface area (Å²) in [6.45, 7) is 1.63. The van der Waals surface area contributed by atoms with Gasteiger partial charge in [0.15, 0.2) is 0 Å². The van der Waals surface area contributed by atoms with Gasteiger partial charge in [0.2, 0.25) is 0 Å². The molecule has 0 aromatic carbocycles. The topological polar surface area (TPSA) is 49.7 Å². The molecule has 1 saturated carbocycles. The summed E-state index contributed by atoms with van der Waals surface area (Å²) in [4.78, 5) is 2.29. The van der Waals surface area contributed by atoms with Crippen LogP contribution in [0.5, 0.6) is 0 Å². The Hall–Kier alpha value is -0.450. The van der Waals surface area contributed by atoms with Gasteiger partial charge in [-0.2, -0.15) is 4.40 Å². The molecule has 3 aliphatic rings. The van der Waals surface area contributed by atoms with Crippen LogP contribution in [0, 0.1) is 0 Å². The zero-order valence-electron chi connectivity index (χ0n) is 15.3. The molecule has 24 heavy (non-hydrogen) atoms.